The maximum absolute atomic E-state index is 14.6. The Labute approximate surface area is 313 Å². The molecule has 2 N–H and O–H groups in total. The van der Waals surface area contributed by atoms with Crippen LogP contribution in [0.5, 0.6) is 0 Å². The molecule has 0 aromatic carbocycles. The molecule has 8 aliphatic rings. The lowest BCUT2D eigenvalue weighted by atomic mass is 9.42. The molecule has 0 aromatic heterocycles. The Bertz CT molecular complexity index is 1950. The summed E-state index contributed by atoms with van der Waals surface area (Å²) in [4.78, 5) is 79.8. The van der Waals surface area contributed by atoms with Crippen LogP contribution < -0.4 is 0 Å². The molecule has 0 radical (unpaired) electrons. The summed E-state index contributed by atoms with van der Waals surface area (Å²) in [6, 6.07) is 0. The minimum absolute atomic E-state index is 0.00712. The van der Waals surface area contributed by atoms with Crippen LogP contribution in [-0.4, -0.2) is 90.6 Å². The zero-order chi connectivity index (χ0) is 39.0. The van der Waals surface area contributed by atoms with E-state index in [1.165, 1.54) is 21.1 Å². The number of carbonyl (C=O) groups excluding carboxylic acids is 6. The third kappa shape index (κ3) is 4.51. The molecular formula is C41H48O13. The van der Waals surface area contributed by atoms with E-state index in [2.05, 4.69) is 11.7 Å². The number of carbonyl (C=O) groups is 6. The largest absolute Gasteiger partial charge is 0.469 e. The minimum Gasteiger partial charge on any atom is -0.469 e. The van der Waals surface area contributed by atoms with Gasteiger partial charge in [0.1, 0.15) is 30.5 Å². The fraction of sp³-hybridized carbons (Fsp3) is 0.659. The number of aliphatic hydroxyl groups is 2. The SMILES string of the molecule is C/C=C(/C)C(=O)OC[C@]1(O)[C@H]2C[C@H]2[C@]2(C)[C@@H]3CC4=C5[C@H](/C(=C(\C)C(=O)OC)C(=O)[C@H](O)[C@@]5(C)[C@@H]5C[C@H]45)[C@@]34OC(=O)C(COC(=O)CCC(=O)OC)=C4C[C@@H]12. The van der Waals surface area contributed by atoms with Crippen molar-refractivity contribution >= 4 is 35.6 Å². The van der Waals surface area contributed by atoms with Crippen molar-refractivity contribution in [1.82, 2.24) is 0 Å². The smallest absolute Gasteiger partial charge is 0.338 e. The summed E-state index contributed by atoms with van der Waals surface area (Å²) in [7, 11) is 2.43. The molecule has 290 valence electrons. The number of hydrogen-bond donors (Lipinski definition) is 2. The Kier molecular flexibility index (Phi) is 8.16. The molecular weight excluding hydrogens is 700 g/mol. The summed E-state index contributed by atoms with van der Waals surface area (Å²) in [6.07, 6.45) is 1.75. The van der Waals surface area contributed by atoms with Crippen LogP contribution in [-0.2, 0) is 52.5 Å². The van der Waals surface area contributed by atoms with Gasteiger partial charge in [0.25, 0.3) is 0 Å². The van der Waals surface area contributed by atoms with Crippen molar-refractivity contribution in [2.24, 2.45) is 52.3 Å². The molecule has 0 bridgehead atoms. The predicted molar refractivity (Wildman–Crippen MR) is 185 cm³/mol. The number of ketones is 1. The van der Waals surface area contributed by atoms with E-state index in [0.29, 0.717) is 24.0 Å². The number of esters is 5. The van der Waals surface area contributed by atoms with Crippen molar-refractivity contribution in [3.05, 3.63) is 45.1 Å². The quantitative estimate of drug-likeness (QED) is 0.152. The van der Waals surface area contributed by atoms with Gasteiger partial charge < -0.3 is 33.9 Å². The van der Waals surface area contributed by atoms with Crippen molar-refractivity contribution < 1.29 is 62.7 Å². The second-order valence-corrected chi connectivity index (χ2v) is 17.1. The summed E-state index contributed by atoms with van der Waals surface area (Å²) < 4.78 is 27.9. The van der Waals surface area contributed by atoms with Crippen molar-refractivity contribution in [2.45, 2.75) is 90.4 Å². The van der Waals surface area contributed by atoms with Crippen LogP contribution in [0.4, 0.5) is 0 Å². The van der Waals surface area contributed by atoms with Crippen LogP contribution in [0.2, 0.25) is 0 Å². The second-order valence-electron chi connectivity index (χ2n) is 17.1. The van der Waals surface area contributed by atoms with E-state index in [1.807, 2.05) is 6.92 Å². The first-order valence-electron chi connectivity index (χ1n) is 18.9. The van der Waals surface area contributed by atoms with Gasteiger partial charge >= 0.3 is 29.8 Å². The molecule has 13 nitrogen and oxygen atoms in total. The van der Waals surface area contributed by atoms with E-state index >= 15 is 0 Å². The molecule has 1 spiro atoms. The van der Waals surface area contributed by atoms with Crippen molar-refractivity contribution in [2.75, 3.05) is 27.4 Å². The highest BCUT2D eigenvalue weighted by atomic mass is 16.6. The molecule has 12 atom stereocenters. The second kappa shape index (κ2) is 11.9. The summed E-state index contributed by atoms with van der Waals surface area (Å²) >= 11 is 0. The standard InChI is InChI=1S/C41H48O13/c1-8-17(2)35(46)53-16-40(49)25-13-24(25)38(4)26(40)14-23-21(15-52-29(43)10-9-28(42)50-6)37(48)54-41(23)27(38)12-20-19-11-22(19)39(5)31(20)32(41)30(33(44)34(39)45)18(3)36(47)51-7/h8,19,22,24-27,32,34,45,49H,9-16H2,1-7H3/b17-8-,30-18-/t19-,22-,24-,25+,26-,27+,32+,34+,38+,39+,40+,41+/m1/s1. The molecule has 1 aliphatic heterocycles. The van der Waals surface area contributed by atoms with E-state index in [4.69, 9.17) is 18.9 Å². The molecule has 0 unspecified atom stereocenters. The zero-order valence-electron chi connectivity index (χ0n) is 31.7. The Balaban J connectivity index is 1.32. The third-order valence-electron chi connectivity index (χ3n) is 15.3. The van der Waals surface area contributed by atoms with Crippen molar-refractivity contribution in [3.63, 3.8) is 0 Å². The lowest BCUT2D eigenvalue weighted by molar-refractivity contribution is -0.191. The maximum atomic E-state index is 14.6. The normalized spacial score (nSPS) is 42.8. The lowest BCUT2D eigenvalue weighted by Crippen LogP contribution is -2.67. The van der Waals surface area contributed by atoms with E-state index < -0.39 is 88.1 Å². The average molecular weight is 749 g/mol. The number of fused-ring (bicyclic) bond motifs is 7. The number of aliphatic hydroxyl groups excluding tert-OH is 1. The Hall–Kier alpha value is -4.10. The van der Waals surface area contributed by atoms with Gasteiger partial charge in [-0.2, -0.15) is 0 Å². The van der Waals surface area contributed by atoms with Crippen LogP contribution in [0.1, 0.15) is 73.1 Å². The van der Waals surface area contributed by atoms with Crippen LogP contribution in [0.25, 0.3) is 0 Å². The maximum Gasteiger partial charge on any atom is 0.338 e. The molecule has 7 aliphatic carbocycles. The fourth-order valence-electron chi connectivity index (χ4n) is 12.5. The number of rotatable bonds is 9. The van der Waals surface area contributed by atoms with E-state index in [0.717, 1.165) is 17.6 Å². The highest BCUT2D eigenvalue weighted by Gasteiger charge is 2.84. The molecule has 5 saturated carbocycles. The van der Waals surface area contributed by atoms with Gasteiger partial charge in [-0.15, -0.1) is 0 Å². The molecule has 54 heavy (non-hydrogen) atoms. The van der Waals surface area contributed by atoms with Gasteiger partial charge in [-0.25, -0.2) is 14.4 Å². The number of ether oxygens (including phenoxy) is 5. The van der Waals surface area contributed by atoms with Gasteiger partial charge in [0, 0.05) is 34.0 Å². The molecule has 0 saturated heterocycles. The molecule has 5 fully saturated rings. The van der Waals surface area contributed by atoms with Gasteiger partial charge in [0.05, 0.1) is 38.6 Å². The topological polar surface area (TPSA) is 189 Å². The van der Waals surface area contributed by atoms with Gasteiger partial charge in [0.2, 0.25) is 0 Å². The Morgan fingerprint density at radius 3 is 2.28 bits per heavy atom. The first-order chi connectivity index (χ1) is 25.5. The van der Waals surface area contributed by atoms with Crippen molar-refractivity contribution in [1.29, 1.82) is 0 Å². The highest BCUT2D eigenvalue weighted by Crippen LogP contribution is 2.83. The minimum atomic E-state index is -1.52. The van der Waals surface area contributed by atoms with E-state index in [1.54, 1.807) is 19.9 Å². The average Bonchev–Trinajstić information content (AvgIpc) is 4.08. The number of methoxy groups -OCH3 is 2. The van der Waals surface area contributed by atoms with Gasteiger partial charge in [-0.1, -0.05) is 25.5 Å². The molecule has 0 amide bonds. The number of allylic oxidation sites excluding steroid dienone is 2. The van der Waals surface area contributed by atoms with Crippen LogP contribution in [0.15, 0.2) is 45.1 Å². The first kappa shape index (κ1) is 36.9. The molecule has 0 aromatic rings. The summed E-state index contributed by atoms with van der Waals surface area (Å²) in [5.41, 5.74) is -1.71. The van der Waals surface area contributed by atoms with E-state index in [9.17, 15) is 39.0 Å². The number of hydrogen-bond acceptors (Lipinski definition) is 13. The zero-order valence-corrected chi connectivity index (χ0v) is 31.7. The summed E-state index contributed by atoms with van der Waals surface area (Å²) in [5.74, 6) is -6.07. The highest BCUT2D eigenvalue weighted by molar-refractivity contribution is 6.09. The number of Topliss-reactive ketones (excluding diaryl/α,β-unsaturated/α-hetero) is 1. The third-order valence-corrected chi connectivity index (χ3v) is 15.3. The monoisotopic (exact) mass is 748 g/mol. The van der Waals surface area contributed by atoms with Gasteiger partial charge in [-0.05, 0) is 86.7 Å². The Morgan fingerprint density at radius 1 is 0.907 bits per heavy atom. The molecule has 8 rings (SSSR count). The molecule has 1 heterocycles. The van der Waals surface area contributed by atoms with Crippen LogP contribution >= 0.6 is 0 Å². The first-order valence-corrected chi connectivity index (χ1v) is 18.9. The van der Waals surface area contributed by atoms with E-state index in [-0.39, 0.29) is 66.3 Å². The Morgan fingerprint density at radius 2 is 1.61 bits per heavy atom. The van der Waals surface area contributed by atoms with Gasteiger partial charge in [0.15, 0.2) is 5.78 Å². The van der Waals surface area contributed by atoms with Crippen LogP contribution in [0.3, 0.4) is 0 Å². The predicted octanol–water partition coefficient (Wildman–Crippen LogP) is 3.01. The van der Waals surface area contributed by atoms with Crippen LogP contribution in [0, 0.1) is 52.3 Å². The fourth-order valence-corrected chi connectivity index (χ4v) is 12.5. The van der Waals surface area contributed by atoms with Crippen molar-refractivity contribution in [3.8, 4) is 0 Å². The molecule has 13 heteroatoms. The lowest BCUT2D eigenvalue weighted by Gasteiger charge is -2.63. The summed E-state index contributed by atoms with van der Waals surface area (Å²) in [6.45, 7) is 8.14. The summed E-state index contributed by atoms with van der Waals surface area (Å²) in [5, 5.41) is 24.6. The van der Waals surface area contributed by atoms with Gasteiger partial charge in [-0.3, -0.25) is 14.4 Å².